The van der Waals surface area contributed by atoms with E-state index < -0.39 is 10.1 Å². The Morgan fingerprint density at radius 2 is 2.16 bits per heavy atom. The van der Waals surface area contributed by atoms with E-state index in [0.29, 0.717) is 0 Å². The maximum atomic E-state index is 10.8. The quantitative estimate of drug-likeness (QED) is 0.451. The second kappa shape index (κ2) is 7.02. The van der Waals surface area contributed by atoms with Crippen LogP contribution in [0.1, 0.15) is 24.5 Å². The molecule has 6 heteroatoms. The van der Waals surface area contributed by atoms with Crippen molar-refractivity contribution in [2.45, 2.75) is 32.7 Å². The van der Waals surface area contributed by atoms with E-state index in [-0.39, 0.29) is 64.0 Å². The van der Waals surface area contributed by atoms with Gasteiger partial charge in [0.1, 0.15) is 10.1 Å². The van der Waals surface area contributed by atoms with E-state index in [4.69, 9.17) is 4.55 Å². The van der Waals surface area contributed by atoms with Crippen molar-refractivity contribution >= 4 is 15.8 Å². The van der Waals surface area contributed by atoms with Gasteiger partial charge in [0.25, 0.3) is 0 Å². The molecule has 0 spiro atoms. The van der Waals surface area contributed by atoms with Crippen molar-refractivity contribution in [3.05, 3.63) is 35.1 Å². The van der Waals surface area contributed by atoms with Crippen molar-refractivity contribution in [3.8, 4) is 0 Å². The van der Waals surface area contributed by atoms with Gasteiger partial charge in [-0.3, -0.25) is 0 Å². The first-order chi connectivity index (χ1) is 8.37. The van der Waals surface area contributed by atoms with Crippen LogP contribution in [-0.2, 0) is 16.5 Å². The van der Waals surface area contributed by atoms with E-state index in [1.54, 1.807) is 0 Å². The topological polar surface area (TPSA) is 57.6 Å². The van der Waals surface area contributed by atoms with Gasteiger partial charge in [-0.25, -0.2) is 8.42 Å². The van der Waals surface area contributed by atoms with Crippen LogP contribution in [0.3, 0.4) is 0 Å². The molecule has 0 fully saturated rings. The molecule has 0 aliphatic carbocycles. The third-order valence-corrected chi connectivity index (χ3v) is 3.97. The molecule has 4 nitrogen and oxygen atoms in total. The standard InChI is InChI=1S/C13H18NO3S.K/c1-10-3-5-12-6-4-11(2)14(13(12)9-10)7-8-18(15,16)17;/h3,5,8-9,11H,4,6-7H2,1-2H3,(H,15,16,17);/q-1;+1. The Labute approximate surface area is 157 Å². The van der Waals surface area contributed by atoms with Crippen LogP contribution in [0, 0.1) is 12.7 Å². The summed E-state index contributed by atoms with van der Waals surface area (Å²) < 4.78 is 30.5. The molecule has 0 radical (unpaired) electrons. The van der Waals surface area contributed by atoms with Crippen molar-refractivity contribution in [1.29, 1.82) is 0 Å². The summed E-state index contributed by atoms with van der Waals surface area (Å²) in [5.41, 5.74) is 3.47. The van der Waals surface area contributed by atoms with E-state index in [1.807, 2.05) is 11.8 Å². The SMILES string of the molecule is Cc1ccc2c(c1)N(C[CH-]S(=O)(=O)O)C(C)CC2.[K+]. The number of nitrogens with zero attached hydrogens (tertiary/aromatic N) is 1. The van der Waals surface area contributed by atoms with E-state index >= 15 is 0 Å². The van der Waals surface area contributed by atoms with Gasteiger partial charge in [-0.2, -0.15) is 5.75 Å². The fraction of sp³-hybridized carbons (Fsp3) is 0.462. The zero-order valence-corrected chi connectivity index (χ0v) is 15.6. The molecule has 1 N–H and O–H groups in total. The van der Waals surface area contributed by atoms with Gasteiger partial charge in [0.05, 0.1) is 0 Å². The molecule has 1 heterocycles. The normalized spacial score (nSPS) is 18.7. The fourth-order valence-corrected chi connectivity index (χ4v) is 2.71. The Hall–Kier alpha value is 0.566. The zero-order valence-electron chi connectivity index (χ0n) is 11.6. The largest absolute Gasteiger partial charge is 1.00 e. The Balaban J connectivity index is 0.00000180. The van der Waals surface area contributed by atoms with Gasteiger partial charge >= 0.3 is 51.4 Å². The molecule has 0 amide bonds. The summed E-state index contributed by atoms with van der Waals surface area (Å²) in [6.45, 7) is 4.31. The monoisotopic (exact) mass is 307 g/mol. The molecule has 100 valence electrons. The summed E-state index contributed by atoms with van der Waals surface area (Å²) in [6, 6.07) is 6.51. The molecule has 1 aliphatic rings. The number of rotatable bonds is 3. The Morgan fingerprint density at radius 1 is 1.47 bits per heavy atom. The van der Waals surface area contributed by atoms with E-state index in [2.05, 4.69) is 25.1 Å². The number of aryl methyl sites for hydroxylation is 2. The number of benzene rings is 1. The number of hydrogen-bond acceptors (Lipinski definition) is 3. The summed E-state index contributed by atoms with van der Waals surface area (Å²) in [6.07, 6.45) is 2.01. The van der Waals surface area contributed by atoms with Crippen LogP contribution in [0.5, 0.6) is 0 Å². The van der Waals surface area contributed by atoms with Crippen molar-refractivity contribution in [2.75, 3.05) is 11.4 Å². The van der Waals surface area contributed by atoms with Gasteiger partial charge in [-0.1, -0.05) is 18.7 Å². The third kappa shape index (κ3) is 4.80. The average Bonchev–Trinajstić information content (AvgIpc) is 2.26. The molecule has 1 atom stereocenters. The van der Waals surface area contributed by atoms with Gasteiger partial charge in [0.15, 0.2) is 0 Å². The molecular weight excluding hydrogens is 289 g/mol. The van der Waals surface area contributed by atoms with Gasteiger partial charge < -0.3 is 9.45 Å². The summed E-state index contributed by atoms with van der Waals surface area (Å²) in [7, 11) is -4.03. The van der Waals surface area contributed by atoms with Gasteiger partial charge in [-0.15, -0.1) is 0 Å². The van der Waals surface area contributed by atoms with Gasteiger partial charge in [-0.05, 0) is 43.9 Å². The zero-order chi connectivity index (χ0) is 13.3. The average molecular weight is 307 g/mol. The Morgan fingerprint density at radius 3 is 2.79 bits per heavy atom. The third-order valence-electron chi connectivity index (χ3n) is 3.40. The first-order valence-corrected chi connectivity index (χ1v) is 7.54. The molecule has 1 unspecified atom stereocenters. The predicted octanol–water partition coefficient (Wildman–Crippen LogP) is -0.810. The minimum Gasteiger partial charge on any atom is -0.397 e. The first kappa shape index (κ1) is 17.6. The summed E-state index contributed by atoms with van der Waals surface area (Å²) in [5, 5.41) is 0. The molecule has 0 bridgehead atoms. The van der Waals surface area contributed by atoms with Crippen LogP contribution in [0.25, 0.3) is 0 Å². The summed E-state index contributed by atoms with van der Waals surface area (Å²) in [4.78, 5) is 2.03. The van der Waals surface area contributed by atoms with Crippen LogP contribution < -0.4 is 56.3 Å². The van der Waals surface area contributed by atoms with Crippen molar-refractivity contribution in [3.63, 3.8) is 0 Å². The van der Waals surface area contributed by atoms with Crippen LogP contribution in [0.4, 0.5) is 5.69 Å². The fourth-order valence-electron chi connectivity index (χ4n) is 2.36. The van der Waals surface area contributed by atoms with Crippen molar-refractivity contribution < 1.29 is 64.4 Å². The van der Waals surface area contributed by atoms with Crippen LogP contribution in [0.2, 0.25) is 0 Å². The smallest absolute Gasteiger partial charge is 0.397 e. The molecule has 1 aliphatic heterocycles. The molecule has 0 saturated heterocycles. The van der Waals surface area contributed by atoms with Crippen LogP contribution in [-0.4, -0.2) is 25.6 Å². The summed E-state index contributed by atoms with van der Waals surface area (Å²) in [5.74, 6) is 0.959. The second-order valence-electron chi connectivity index (χ2n) is 4.85. The predicted molar refractivity (Wildman–Crippen MR) is 72.2 cm³/mol. The second-order valence-corrected chi connectivity index (χ2v) is 6.22. The van der Waals surface area contributed by atoms with Crippen LogP contribution >= 0.6 is 0 Å². The number of anilines is 1. The van der Waals surface area contributed by atoms with Crippen molar-refractivity contribution in [1.82, 2.24) is 0 Å². The van der Waals surface area contributed by atoms with Crippen LogP contribution in [0.15, 0.2) is 18.2 Å². The molecule has 19 heavy (non-hydrogen) atoms. The number of hydrogen-bond donors (Lipinski definition) is 1. The molecule has 1 aromatic rings. The molecule has 2 rings (SSSR count). The molecular formula is C13H18KNO3S. The number of fused-ring (bicyclic) bond motifs is 1. The maximum absolute atomic E-state index is 10.8. The van der Waals surface area contributed by atoms with E-state index in [1.165, 1.54) is 5.56 Å². The minimum absolute atomic E-state index is 0. The maximum Gasteiger partial charge on any atom is 1.00 e. The molecule has 1 aromatic carbocycles. The Kier molecular flexibility index (Phi) is 6.51. The first-order valence-electron chi connectivity index (χ1n) is 6.04. The summed E-state index contributed by atoms with van der Waals surface area (Å²) >= 11 is 0. The van der Waals surface area contributed by atoms with Crippen molar-refractivity contribution in [2.24, 2.45) is 0 Å². The van der Waals surface area contributed by atoms with Gasteiger partial charge in [0.2, 0.25) is 0 Å². The Bertz CT molecular complexity index is 545. The molecule has 0 aromatic heterocycles. The molecule has 0 saturated carbocycles. The van der Waals surface area contributed by atoms with Gasteiger partial charge in [0, 0.05) is 11.7 Å². The minimum atomic E-state index is -4.03. The van der Waals surface area contributed by atoms with E-state index in [9.17, 15) is 8.42 Å². The van der Waals surface area contributed by atoms with E-state index in [0.717, 1.165) is 29.8 Å².